The molecule has 2 aromatic rings. The lowest BCUT2D eigenvalue weighted by molar-refractivity contribution is -0.142. The SMILES string of the molecule is CC(C)CC(CNC(=O)c1csc(-c2cnccn2)n1)C(=O)O. The van der Waals surface area contributed by atoms with Crippen LogP contribution < -0.4 is 5.32 Å². The number of hydrogen-bond acceptors (Lipinski definition) is 6. The highest BCUT2D eigenvalue weighted by Gasteiger charge is 2.21. The summed E-state index contributed by atoms with van der Waals surface area (Å²) in [6, 6.07) is 0. The summed E-state index contributed by atoms with van der Waals surface area (Å²) in [5.41, 5.74) is 0.851. The number of thiazole rings is 1. The van der Waals surface area contributed by atoms with E-state index >= 15 is 0 Å². The number of carbonyl (C=O) groups is 2. The van der Waals surface area contributed by atoms with Crippen LogP contribution in [0.15, 0.2) is 24.0 Å². The first-order chi connectivity index (χ1) is 11.0. The van der Waals surface area contributed by atoms with E-state index < -0.39 is 11.9 Å². The topological polar surface area (TPSA) is 105 Å². The lowest BCUT2D eigenvalue weighted by Crippen LogP contribution is -2.33. The average Bonchev–Trinajstić information content (AvgIpc) is 3.01. The number of amides is 1. The zero-order chi connectivity index (χ0) is 16.8. The second-order valence-corrected chi connectivity index (χ2v) is 6.36. The van der Waals surface area contributed by atoms with Crippen molar-refractivity contribution in [2.75, 3.05) is 6.54 Å². The first-order valence-corrected chi connectivity index (χ1v) is 8.08. The van der Waals surface area contributed by atoms with Gasteiger partial charge in [0.25, 0.3) is 5.91 Å². The fraction of sp³-hybridized carbons (Fsp3) is 0.400. The number of nitrogens with zero attached hydrogens (tertiary/aromatic N) is 3. The molecule has 2 aromatic heterocycles. The highest BCUT2D eigenvalue weighted by molar-refractivity contribution is 7.13. The molecule has 122 valence electrons. The van der Waals surface area contributed by atoms with Crippen LogP contribution in [-0.4, -0.2) is 38.5 Å². The molecular formula is C15H18N4O3S. The van der Waals surface area contributed by atoms with E-state index in [0.717, 1.165) is 0 Å². The van der Waals surface area contributed by atoms with Crippen molar-refractivity contribution in [1.29, 1.82) is 0 Å². The maximum atomic E-state index is 12.1. The molecule has 0 aliphatic rings. The van der Waals surface area contributed by atoms with Gasteiger partial charge in [0.05, 0.1) is 12.1 Å². The Morgan fingerprint density at radius 2 is 2.13 bits per heavy atom. The van der Waals surface area contributed by atoms with E-state index in [0.29, 0.717) is 17.1 Å². The largest absolute Gasteiger partial charge is 0.481 e. The van der Waals surface area contributed by atoms with Crippen LogP contribution in [0.3, 0.4) is 0 Å². The zero-order valence-electron chi connectivity index (χ0n) is 12.9. The Bertz CT molecular complexity index is 672. The van der Waals surface area contributed by atoms with Gasteiger partial charge in [0.15, 0.2) is 0 Å². The van der Waals surface area contributed by atoms with E-state index in [4.69, 9.17) is 0 Å². The second kappa shape index (κ2) is 7.77. The third-order valence-electron chi connectivity index (χ3n) is 3.13. The van der Waals surface area contributed by atoms with Crippen LogP contribution in [0.2, 0.25) is 0 Å². The van der Waals surface area contributed by atoms with Crippen molar-refractivity contribution >= 4 is 23.2 Å². The fourth-order valence-electron chi connectivity index (χ4n) is 2.05. The minimum absolute atomic E-state index is 0.0876. The van der Waals surface area contributed by atoms with Crippen LogP contribution in [-0.2, 0) is 4.79 Å². The molecule has 1 unspecified atom stereocenters. The maximum Gasteiger partial charge on any atom is 0.308 e. The van der Waals surface area contributed by atoms with Crippen molar-refractivity contribution in [3.63, 3.8) is 0 Å². The minimum atomic E-state index is -0.905. The average molecular weight is 334 g/mol. The van der Waals surface area contributed by atoms with Crippen molar-refractivity contribution in [2.24, 2.45) is 11.8 Å². The Labute approximate surface area is 137 Å². The number of rotatable bonds is 7. The third-order valence-corrected chi connectivity index (χ3v) is 4.00. The molecule has 0 saturated carbocycles. The van der Waals surface area contributed by atoms with Gasteiger partial charge >= 0.3 is 5.97 Å². The summed E-state index contributed by atoms with van der Waals surface area (Å²) in [5.74, 6) is -1.64. The van der Waals surface area contributed by atoms with E-state index in [1.165, 1.54) is 11.3 Å². The molecule has 1 atom stereocenters. The standard InChI is InChI=1S/C15H18N4O3S/c1-9(2)5-10(15(21)22)6-18-13(20)12-8-23-14(19-12)11-7-16-3-4-17-11/h3-4,7-10H,5-6H2,1-2H3,(H,18,20)(H,21,22). The summed E-state index contributed by atoms with van der Waals surface area (Å²) in [7, 11) is 0. The minimum Gasteiger partial charge on any atom is -0.481 e. The highest BCUT2D eigenvalue weighted by Crippen LogP contribution is 2.20. The number of nitrogens with one attached hydrogen (secondary N) is 1. The molecule has 1 amide bonds. The zero-order valence-corrected chi connectivity index (χ0v) is 13.7. The first-order valence-electron chi connectivity index (χ1n) is 7.20. The molecule has 8 heteroatoms. The van der Waals surface area contributed by atoms with E-state index in [1.54, 1.807) is 24.0 Å². The summed E-state index contributed by atoms with van der Waals surface area (Å²) in [6.45, 7) is 3.99. The Kier molecular flexibility index (Phi) is 5.75. The summed E-state index contributed by atoms with van der Waals surface area (Å²) >= 11 is 1.29. The van der Waals surface area contributed by atoms with Gasteiger partial charge in [-0.2, -0.15) is 0 Å². The Hall–Kier alpha value is -2.35. The molecule has 0 bridgehead atoms. The lowest BCUT2D eigenvalue weighted by Gasteiger charge is -2.14. The summed E-state index contributed by atoms with van der Waals surface area (Å²) in [6.07, 6.45) is 5.20. The molecule has 0 radical (unpaired) electrons. The van der Waals surface area contributed by atoms with E-state index in [1.807, 2.05) is 13.8 Å². The predicted molar refractivity (Wildman–Crippen MR) is 86.1 cm³/mol. The summed E-state index contributed by atoms with van der Waals surface area (Å²) < 4.78 is 0. The van der Waals surface area contributed by atoms with Gasteiger partial charge in [-0.1, -0.05) is 13.8 Å². The Balaban J connectivity index is 1.98. The van der Waals surface area contributed by atoms with Gasteiger partial charge in [-0.25, -0.2) is 4.98 Å². The summed E-state index contributed by atoms with van der Waals surface area (Å²) in [5, 5.41) is 14.0. The molecule has 7 nitrogen and oxygen atoms in total. The number of aliphatic carboxylic acids is 1. The third kappa shape index (κ3) is 4.82. The molecule has 2 heterocycles. The molecule has 0 aliphatic heterocycles. The molecular weight excluding hydrogens is 316 g/mol. The van der Waals surface area contributed by atoms with Gasteiger partial charge < -0.3 is 10.4 Å². The van der Waals surface area contributed by atoms with E-state index in [-0.39, 0.29) is 24.1 Å². The quantitative estimate of drug-likeness (QED) is 0.803. The van der Waals surface area contributed by atoms with Gasteiger partial charge in [-0.05, 0) is 12.3 Å². The van der Waals surface area contributed by atoms with Crippen LogP contribution in [0.5, 0.6) is 0 Å². The molecule has 0 aliphatic carbocycles. The van der Waals surface area contributed by atoms with Crippen LogP contribution in [0.4, 0.5) is 0 Å². The maximum absolute atomic E-state index is 12.1. The number of carbonyl (C=O) groups excluding carboxylic acids is 1. The second-order valence-electron chi connectivity index (χ2n) is 5.50. The summed E-state index contributed by atoms with van der Waals surface area (Å²) in [4.78, 5) is 35.6. The van der Waals surface area contributed by atoms with Crippen LogP contribution in [0, 0.1) is 11.8 Å². The van der Waals surface area contributed by atoms with Gasteiger partial charge in [0, 0.05) is 24.3 Å². The van der Waals surface area contributed by atoms with Crippen molar-refractivity contribution in [2.45, 2.75) is 20.3 Å². The molecule has 2 rings (SSSR count). The molecule has 0 spiro atoms. The van der Waals surface area contributed by atoms with Crippen molar-refractivity contribution in [3.05, 3.63) is 29.7 Å². The van der Waals surface area contributed by atoms with Gasteiger partial charge in [0.2, 0.25) is 0 Å². The number of aromatic nitrogens is 3. The number of carboxylic acid groups (broad SMARTS) is 1. The molecule has 0 saturated heterocycles. The van der Waals surface area contributed by atoms with Crippen molar-refractivity contribution < 1.29 is 14.7 Å². The Morgan fingerprint density at radius 3 is 2.74 bits per heavy atom. The van der Waals surface area contributed by atoms with E-state index in [9.17, 15) is 14.7 Å². The van der Waals surface area contributed by atoms with Gasteiger partial charge in [-0.3, -0.25) is 19.6 Å². The normalized spacial score (nSPS) is 12.1. The van der Waals surface area contributed by atoms with Gasteiger partial charge in [-0.15, -0.1) is 11.3 Å². The Morgan fingerprint density at radius 1 is 1.35 bits per heavy atom. The van der Waals surface area contributed by atoms with Crippen LogP contribution >= 0.6 is 11.3 Å². The smallest absolute Gasteiger partial charge is 0.308 e. The molecule has 0 aromatic carbocycles. The number of hydrogen-bond donors (Lipinski definition) is 2. The number of carboxylic acids is 1. The van der Waals surface area contributed by atoms with Crippen LogP contribution in [0.25, 0.3) is 10.7 Å². The van der Waals surface area contributed by atoms with Crippen molar-refractivity contribution in [3.8, 4) is 10.7 Å². The lowest BCUT2D eigenvalue weighted by atomic mass is 9.97. The van der Waals surface area contributed by atoms with Crippen molar-refractivity contribution in [1.82, 2.24) is 20.3 Å². The predicted octanol–water partition coefficient (Wildman–Crippen LogP) is 2.08. The highest BCUT2D eigenvalue weighted by atomic mass is 32.1. The molecule has 23 heavy (non-hydrogen) atoms. The molecule has 2 N–H and O–H groups in total. The monoisotopic (exact) mass is 334 g/mol. The van der Waals surface area contributed by atoms with Crippen LogP contribution in [0.1, 0.15) is 30.8 Å². The van der Waals surface area contributed by atoms with E-state index in [2.05, 4.69) is 20.3 Å². The first kappa shape index (κ1) is 17.0. The van der Waals surface area contributed by atoms with Gasteiger partial charge in [0.1, 0.15) is 16.4 Å². The molecule has 0 fully saturated rings. The fourth-order valence-corrected chi connectivity index (χ4v) is 2.81.